The molecule has 0 spiro atoms. The Morgan fingerprint density at radius 3 is 1.82 bits per heavy atom. The second-order valence-electron chi connectivity index (χ2n) is 24.9. The molecule has 0 fully saturated rings. The maximum absolute atomic E-state index is 8.66. The van der Waals surface area contributed by atoms with Gasteiger partial charge < -0.3 is 8.98 Å². The van der Waals surface area contributed by atoms with Crippen LogP contribution < -0.4 is 0 Å². The Kier molecular flexibility index (Phi) is 14.3. The fourth-order valence-corrected chi connectivity index (χ4v) is 9.69. The van der Waals surface area contributed by atoms with Crippen LogP contribution in [0, 0.1) is 19.0 Å². The number of furan rings is 1. The Morgan fingerprint density at radius 2 is 1.24 bits per heavy atom. The van der Waals surface area contributed by atoms with E-state index in [2.05, 4.69) is 198 Å². The minimum Gasteiger partial charge on any atom is -0.500 e. The summed E-state index contributed by atoms with van der Waals surface area (Å²) in [5.41, 5.74) is 16.8. The number of imidazole rings is 1. The van der Waals surface area contributed by atoms with Crippen molar-refractivity contribution in [2.24, 2.45) is 0 Å². The predicted octanol–water partition coefficient (Wildman–Crippen LogP) is 18.8. The van der Waals surface area contributed by atoms with Crippen LogP contribution in [0.25, 0.3) is 83.8 Å². The van der Waals surface area contributed by atoms with Crippen LogP contribution in [-0.2, 0) is 41.8 Å². The maximum atomic E-state index is 8.66. The minimum absolute atomic E-state index is 0. The largest absolute Gasteiger partial charge is 0.500 e. The van der Waals surface area contributed by atoms with Crippen molar-refractivity contribution in [2.45, 2.75) is 151 Å². The Balaban J connectivity index is 0.000000414. The van der Waals surface area contributed by atoms with E-state index < -0.39 is 6.85 Å². The molecule has 0 saturated heterocycles. The zero-order valence-corrected chi connectivity index (χ0v) is 49.7. The fourth-order valence-electron chi connectivity index (χ4n) is 9.69. The Labute approximate surface area is 470 Å². The third-order valence-electron chi connectivity index (χ3n) is 14.3. The third kappa shape index (κ3) is 11.3. The van der Waals surface area contributed by atoms with E-state index in [4.69, 9.17) is 18.5 Å². The van der Waals surface area contributed by atoms with Crippen molar-refractivity contribution in [1.82, 2.24) is 24.5 Å². The second-order valence-corrected chi connectivity index (χ2v) is 24.9. The van der Waals surface area contributed by atoms with Crippen molar-refractivity contribution in [3.05, 3.63) is 185 Å². The molecule has 393 valence electrons. The van der Waals surface area contributed by atoms with Gasteiger partial charge >= 0.3 is 0 Å². The third-order valence-corrected chi connectivity index (χ3v) is 14.3. The molecule has 0 atom stereocenters. The molecule has 6 aromatic carbocycles. The number of rotatable bonds is 7. The van der Waals surface area contributed by atoms with E-state index in [1.807, 2.05) is 60.8 Å². The first-order chi connectivity index (χ1) is 36.5. The SMILES string of the molecule is CC(C)(C)c1ccnc(-c2[c-]cccc2)n1.[2H]C([2H])([2H])c1c[c-]c(-c2nc3ccccc3n2-c2c(C(C)C)cc(-c3ccc(C(C)(C)C)cc3)cc2C(C)C)c2oc3cc(-c4cc(C(C)(C)C)cc(C(C)(C)C)c4)ncc3c12.[Ir]. The molecule has 10 aromatic rings. The molecule has 76 heavy (non-hydrogen) atoms. The number of aromatic nitrogens is 5. The van der Waals surface area contributed by atoms with Crippen molar-refractivity contribution >= 4 is 33.0 Å². The number of pyridine rings is 1. The molecule has 0 aliphatic heterocycles. The molecule has 10 rings (SSSR count). The van der Waals surface area contributed by atoms with Crippen molar-refractivity contribution in [1.29, 1.82) is 0 Å². The first kappa shape index (κ1) is 51.6. The van der Waals surface area contributed by atoms with Gasteiger partial charge in [0.25, 0.3) is 0 Å². The topological polar surface area (TPSA) is 69.6 Å². The number of para-hydroxylation sites is 2. The second kappa shape index (κ2) is 21.1. The standard InChI is InChI=1S/C55H60N3O.C14H15N2.Ir/c1-32(2)42-27-36(35-20-22-38(23-21-35)53(6,7)8)28-43(33(3)4)50(42)58-47-18-16-15-17-45(47)57-52(58)41-24-19-34(5)49-44-31-56-46(30-48(44)59-51(41)49)37-25-39(54(9,10)11)29-40(26-37)55(12,13)14;1-14(2,3)12-9-10-15-13(16-12)11-7-5-4-6-8-11;/h15-23,25-33H,1-14H3;4-7,9-10H,1-3H3;/q2*-1;/i5D3;;. The summed E-state index contributed by atoms with van der Waals surface area (Å²) < 4.78 is 35.2. The van der Waals surface area contributed by atoms with Crippen LogP contribution in [0.4, 0.5) is 0 Å². The van der Waals surface area contributed by atoms with Crippen LogP contribution in [0.2, 0.25) is 0 Å². The smallest absolute Gasteiger partial charge is 0.124 e. The van der Waals surface area contributed by atoms with Crippen molar-refractivity contribution < 1.29 is 28.6 Å². The van der Waals surface area contributed by atoms with E-state index in [0.29, 0.717) is 33.3 Å². The summed E-state index contributed by atoms with van der Waals surface area (Å²) in [6, 6.07) is 48.4. The van der Waals surface area contributed by atoms with Crippen LogP contribution >= 0.6 is 0 Å². The van der Waals surface area contributed by atoms with E-state index in [1.54, 1.807) is 12.3 Å². The van der Waals surface area contributed by atoms with Crippen molar-refractivity contribution in [3.63, 3.8) is 0 Å². The molecule has 0 saturated carbocycles. The van der Waals surface area contributed by atoms with Crippen LogP contribution in [-0.4, -0.2) is 24.5 Å². The normalized spacial score (nSPS) is 13.2. The molecular formula is C69H75IrN5O-2. The summed E-state index contributed by atoms with van der Waals surface area (Å²) in [6.45, 7) is 33.1. The maximum Gasteiger partial charge on any atom is 0.124 e. The number of nitrogens with zero attached hydrogens (tertiary/aromatic N) is 5. The Morgan fingerprint density at radius 1 is 0.605 bits per heavy atom. The van der Waals surface area contributed by atoms with E-state index >= 15 is 0 Å². The molecule has 0 N–H and O–H groups in total. The average molecular weight is 1190 g/mol. The summed E-state index contributed by atoms with van der Waals surface area (Å²) >= 11 is 0. The first-order valence-electron chi connectivity index (χ1n) is 28.0. The number of hydrogen-bond acceptors (Lipinski definition) is 5. The zero-order chi connectivity index (χ0) is 56.4. The molecule has 4 aromatic heterocycles. The van der Waals surface area contributed by atoms with E-state index in [1.165, 1.54) is 38.9 Å². The summed E-state index contributed by atoms with van der Waals surface area (Å²) in [7, 11) is 0. The Bertz CT molecular complexity index is 3760. The fraction of sp³-hybridized carbons (Fsp3) is 0.333. The zero-order valence-electron chi connectivity index (χ0n) is 50.3. The van der Waals surface area contributed by atoms with Crippen molar-refractivity contribution in [2.75, 3.05) is 0 Å². The molecule has 1 radical (unpaired) electrons. The molecule has 7 heteroatoms. The van der Waals surface area contributed by atoms with Gasteiger partial charge in [-0.15, -0.1) is 53.6 Å². The molecule has 6 nitrogen and oxygen atoms in total. The quantitative estimate of drug-likeness (QED) is 0.149. The molecule has 0 aliphatic carbocycles. The number of hydrogen-bond donors (Lipinski definition) is 0. The monoisotopic (exact) mass is 1190 g/mol. The average Bonchev–Trinajstić information content (AvgIpc) is 4.09. The van der Waals surface area contributed by atoms with Gasteiger partial charge in [0.05, 0.1) is 34.0 Å². The van der Waals surface area contributed by atoms with Gasteiger partial charge in [-0.1, -0.05) is 171 Å². The van der Waals surface area contributed by atoms with Crippen LogP contribution in [0.1, 0.15) is 166 Å². The van der Waals surface area contributed by atoms with Crippen LogP contribution in [0.3, 0.4) is 0 Å². The minimum atomic E-state index is -2.43. The summed E-state index contributed by atoms with van der Waals surface area (Å²) in [5, 5.41) is 1.15. The molecule has 0 aliphatic rings. The summed E-state index contributed by atoms with van der Waals surface area (Å²) in [6.07, 6.45) is 3.59. The molecule has 0 amide bonds. The summed E-state index contributed by atoms with van der Waals surface area (Å²) in [5.74, 6) is 1.71. The predicted molar refractivity (Wildman–Crippen MR) is 315 cm³/mol. The van der Waals surface area contributed by atoms with Gasteiger partial charge in [-0.05, 0) is 109 Å². The van der Waals surface area contributed by atoms with E-state index in [0.717, 1.165) is 45.1 Å². The molecule has 4 heterocycles. The van der Waals surface area contributed by atoms with Crippen LogP contribution in [0.5, 0.6) is 0 Å². The van der Waals surface area contributed by atoms with E-state index in [-0.39, 0.29) is 59.2 Å². The number of fused-ring (bicyclic) bond motifs is 4. The first-order valence-corrected chi connectivity index (χ1v) is 26.5. The van der Waals surface area contributed by atoms with Gasteiger partial charge in [0, 0.05) is 70.4 Å². The van der Waals surface area contributed by atoms with Gasteiger partial charge in [0.2, 0.25) is 0 Å². The van der Waals surface area contributed by atoms with Gasteiger partial charge in [-0.3, -0.25) is 19.9 Å². The van der Waals surface area contributed by atoms with Gasteiger partial charge in [0.15, 0.2) is 0 Å². The van der Waals surface area contributed by atoms with Gasteiger partial charge in [-0.2, -0.15) is 0 Å². The van der Waals surface area contributed by atoms with Gasteiger partial charge in [0.1, 0.15) is 5.58 Å². The number of aryl methyl sites for hydroxylation is 1. The summed E-state index contributed by atoms with van der Waals surface area (Å²) in [4.78, 5) is 19.2. The Hall–Kier alpha value is -6.53. The van der Waals surface area contributed by atoms with Crippen molar-refractivity contribution in [3.8, 4) is 50.8 Å². The van der Waals surface area contributed by atoms with E-state index in [9.17, 15) is 0 Å². The number of benzene rings is 6. The molecule has 0 unspecified atom stereocenters. The molecule has 0 bridgehead atoms. The van der Waals surface area contributed by atoms with Crippen LogP contribution in [0.15, 0.2) is 138 Å². The molecular weight excluding hydrogens is 1110 g/mol. The van der Waals surface area contributed by atoms with Gasteiger partial charge in [-0.25, -0.2) is 0 Å².